The minimum absolute atomic E-state index is 0.00176. The highest BCUT2D eigenvalue weighted by molar-refractivity contribution is 6.03. The van der Waals surface area contributed by atoms with Gasteiger partial charge < -0.3 is 14.4 Å². The molecule has 2 aromatic carbocycles. The second-order valence-corrected chi connectivity index (χ2v) is 8.70. The number of amides is 1. The zero-order chi connectivity index (χ0) is 22.4. The smallest absolute Gasteiger partial charge is 0.340 e. The number of methoxy groups -OCH3 is 1. The predicted molar refractivity (Wildman–Crippen MR) is 122 cm³/mol. The van der Waals surface area contributed by atoms with Gasteiger partial charge in [0, 0.05) is 12.0 Å². The number of carbonyl (C=O) groups is 2. The molecule has 0 atom stereocenters. The maximum Gasteiger partial charge on any atom is 0.340 e. The van der Waals surface area contributed by atoms with Gasteiger partial charge in [-0.2, -0.15) is 0 Å². The van der Waals surface area contributed by atoms with Crippen LogP contribution in [0.3, 0.4) is 0 Å². The van der Waals surface area contributed by atoms with E-state index >= 15 is 0 Å². The first-order chi connectivity index (χ1) is 14.9. The molecule has 3 rings (SSSR count). The second kappa shape index (κ2) is 10.5. The largest absolute Gasteiger partial charge is 0.489 e. The van der Waals surface area contributed by atoms with Crippen LogP contribution in [-0.2, 0) is 16.1 Å². The molecule has 0 radical (unpaired) electrons. The third-order valence-electron chi connectivity index (χ3n) is 6.00. The van der Waals surface area contributed by atoms with E-state index in [1.54, 1.807) is 17.0 Å². The van der Waals surface area contributed by atoms with Crippen molar-refractivity contribution in [3.63, 3.8) is 0 Å². The van der Waals surface area contributed by atoms with Crippen LogP contribution in [0, 0.1) is 11.8 Å². The molecule has 1 amide bonds. The van der Waals surface area contributed by atoms with Gasteiger partial charge in [0.05, 0.1) is 18.4 Å². The summed E-state index contributed by atoms with van der Waals surface area (Å²) in [6.45, 7) is 6.59. The van der Waals surface area contributed by atoms with Crippen molar-refractivity contribution in [2.45, 2.75) is 59.1 Å². The van der Waals surface area contributed by atoms with Gasteiger partial charge in [-0.3, -0.25) is 4.79 Å². The molecule has 0 heterocycles. The van der Waals surface area contributed by atoms with Gasteiger partial charge in [-0.05, 0) is 69.2 Å². The SMILES string of the molecule is COC(=O)c1cc(OCc2ccccc2)ccc1N(C(=O)[C@H]1CC[C@H](C)CC1)C(C)C. The predicted octanol–water partition coefficient (Wildman–Crippen LogP) is 5.62. The lowest BCUT2D eigenvalue weighted by molar-refractivity contribution is -0.123. The van der Waals surface area contributed by atoms with E-state index in [1.165, 1.54) is 7.11 Å². The summed E-state index contributed by atoms with van der Waals surface area (Å²) in [5.74, 6) is 0.845. The lowest BCUT2D eigenvalue weighted by Gasteiger charge is -2.34. The summed E-state index contributed by atoms with van der Waals surface area (Å²) in [4.78, 5) is 27.8. The average Bonchev–Trinajstić information content (AvgIpc) is 2.78. The monoisotopic (exact) mass is 423 g/mol. The third-order valence-corrected chi connectivity index (χ3v) is 6.00. The van der Waals surface area contributed by atoms with Crippen LogP contribution in [0.2, 0.25) is 0 Å². The van der Waals surface area contributed by atoms with E-state index in [9.17, 15) is 9.59 Å². The van der Waals surface area contributed by atoms with Crippen LogP contribution < -0.4 is 9.64 Å². The Bertz CT molecular complexity index is 886. The van der Waals surface area contributed by atoms with Gasteiger partial charge in [0.15, 0.2) is 0 Å². The van der Waals surface area contributed by atoms with Crippen LogP contribution in [0.15, 0.2) is 48.5 Å². The van der Waals surface area contributed by atoms with Gasteiger partial charge in [0.2, 0.25) is 5.91 Å². The van der Waals surface area contributed by atoms with Crippen LogP contribution >= 0.6 is 0 Å². The Labute approximate surface area is 185 Å². The molecule has 1 aliphatic carbocycles. The maximum absolute atomic E-state index is 13.4. The van der Waals surface area contributed by atoms with Gasteiger partial charge in [-0.1, -0.05) is 37.3 Å². The van der Waals surface area contributed by atoms with Crippen molar-refractivity contribution in [1.82, 2.24) is 0 Å². The number of rotatable bonds is 7. The molecule has 5 heteroatoms. The molecule has 31 heavy (non-hydrogen) atoms. The summed E-state index contributed by atoms with van der Waals surface area (Å²) in [6, 6.07) is 15.1. The van der Waals surface area contributed by atoms with Crippen molar-refractivity contribution in [1.29, 1.82) is 0 Å². The quantitative estimate of drug-likeness (QED) is 0.543. The van der Waals surface area contributed by atoms with Crippen molar-refractivity contribution in [2.24, 2.45) is 11.8 Å². The Kier molecular flexibility index (Phi) is 7.72. The van der Waals surface area contributed by atoms with Crippen LogP contribution in [0.1, 0.15) is 62.4 Å². The number of esters is 1. The highest BCUT2D eigenvalue weighted by Gasteiger charge is 2.32. The number of hydrogen-bond acceptors (Lipinski definition) is 4. The minimum atomic E-state index is -0.476. The normalized spacial score (nSPS) is 18.5. The lowest BCUT2D eigenvalue weighted by Crippen LogP contribution is -2.43. The first-order valence-electron chi connectivity index (χ1n) is 11.1. The van der Waals surface area contributed by atoms with Crippen LogP contribution in [0.4, 0.5) is 5.69 Å². The number of anilines is 1. The Morgan fingerprint density at radius 3 is 2.32 bits per heavy atom. The summed E-state index contributed by atoms with van der Waals surface area (Å²) in [5.41, 5.74) is 1.97. The number of nitrogens with zero attached hydrogens (tertiary/aromatic N) is 1. The molecule has 0 N–H and O–H groups in total. The van der Waals surface area contributed by atoms with E-state index in [0.29, 0.717) is 29.5 Å². The Morgan fingerprint density at radius 1 is 1.03 bits per heavy atom. The fourth-order valence-corrected chi connectivity index (χ4v) is 4.18. The van der Waals surface area contributed by atoms with Crippen molar-refractivity contribution in [3.05, 3.63) is 59.7 Å². The van der Waals surface area contributed by atoms with Crippen molar-refractivity contribution in [3.8, 4) is 5.75 Å². The van der Waals surface area contributed by atoms with E-state index in [-0.39, 0.29) is 17.9 Å². The molecule has 0 spiro atoms. The fraction of sp³-hybridized carbons (Fsp3) is 0.462. The van der Waals surface area contributed by atoms with E-state index in [4.69, 9.17) is 9.47 Å². The molecular formula is C26H33NO4. The molecule has 0 unspecified atom stereocenters. The standard InChI is InChI=1S/C26H33NO4/c1-18(2)27(25(28)21-12-10-19(3)11-13-21)24-15-14-22(16-23(24)26(29)30-4)31-17-20-8-6-5-7-9-20/h5-9,14-16,18-19,21H,10-13,17H2,1-4H3/t19-,21-. The van der Waals surface area contributed by atoms with Crippen molar-refractivity contribution < 1.29 is 19.1 Å². The molecule has 2 aromatic rings. The highest BCUT2D eigenvalue weighted by Crippen LogP contribution is 2.34. The van der Waals surface area contributed by atoms with Crippen LogP contribution in [-0.4, -0.2) is 25.0 Å². The van der Waals surface area contributed by atoms with Gasteiger partial charge in [0.1, 0.15) is 12.4 Å². The molecule has 0 bridgehead atoms. The highest BCUT2D eigenvalue weighted by atomic mass is 16.5. The summed E-state index contributed by atoms with van der Waals surface area (Å²) < 4.78 is 10.9. The van der Waals surface area contributed by atoms with Crippen molar-refractivity contribution >= 4 is 17.6 Å². The summed E-state index contributed by atoms with van der Waals surface area (Å²) in [7, 11) is 1.35. The summed E-state index contributed by atoms with van der Waals surface area (Å²) in [5, 5.41) is 0. The van der Waals surface area contributed by atoms with E-state index in [2.05, 4.69) is 6.92 Å². The Hall–Kier alpha value is -2.82. The van der Waals surface area contributed by atoms with Crippen molar-refractivity contribution in [2.75, 3.05) is 12.0 Å². The number of ether oxygens (including phenoxy) is 2. The number of carbonyl (C=O) groups excluding carboxylic acids is 2. The topological polar surface area (TPSA) is 55.8 Å². The zero-order valence-electron chi connectivity index (χ0n) is 19.0. The van der Waals surface area contributed by atoms with E-state index < -0.39 is 5.97 Å². The Balaban J connectivity index is 1.87. The number of benzene rings is 2. The lowest BCUT2D eigenvalue weighted by atomic mass is 9.82. The summed E-state index contributed by atoms with van der Waals surface area (Å²) in [6.07, 6.45) is 3.93. The molecule has 1 aliphatic rings. The fourth-order valence-electron chi connectivity index (χ4n) is 4.18. The molecule has 5 nitrogen and oxygen atoms in total. The molecule has 166 valence electrons. The molecule has 1 saturated carbocycles. The average molecular weight is 424 g/mol. The summed E-state index contributed by atoms with van der Waals surface area (Å²) >= 11 is 0. The van der Waals surface area contributed by atoms with Gasteiger partial charge in [0.25, 0.3) is 0 Å². The Morgan fingerprint density at radius 2 is 1.71 bits per heavy atom. The van der Waals surface area contributed by atoms with Gasteiger partial charge in [-0.25, -0.2) is 4.79 Å². The molecular weight excluding hydrogens is 390 g/mol. The minimum Gasteiger partial charge on any atom is -0.489 e. The van der Waals surface area contributed by atoms with Crippen LogP contribution in [0.5, 0.6) is 5.75 Å². The first-order valence-corrected chi connectivity index (χ1v) is 11.1. The zero-order valence-corrected chi connectivity index (χ0v) is 19.0. The third kappa shape index (κ3) is 5.66. The number of hydrogen-bond donors (Lipinski definition) is 0. The van der Waals surface area contributed by atoms with E-state index in [1.807, 2.05) is 50.2 Å². The van der Waals surface area contributed by atoms with Crippen LogP contribution in [0.25, 0.3) is 0 Å². The first kappa shape index (κ1) is 22.9. The second-order valence-electron chi connectivity index (χ2n) is 8.70. The van der Waals surface area contributed by atoms with Gasteiger partial charge >= 0.3 is 5.97 Å². The molecule has 0 saturated heterocycles. The molecule has 1 fully saturated rings. The van der Waals surface area contributed by atoms with E-state index in [0.717, 1.165) is 31.2 Å². The molecule has 0 aromatic heterocycles. The molecule has 0 aliphatic heterocycles. The van der Waals surface area contributed by atoms with Gasteiger partial charge in [-0.15, -0.1) is 0 Å². The maximum atomic E-state index is 13.4.